The standard InChI is InChI=1S/C16H20N4O3/c1-2-23-16(22)12-7-9-19(10-8-12)15(21)11-20-14-6-4-3-5-13(14)17-18-20/h3-6,12H,2,7-11H2,1H3. The maximum Gasteiger partial charge on any atom is 0.309 e. The highest BCUT2D eigenvalue weighted by atomic mass is 16.5. The number of ether oxygens (including phenoxy) is 1. The van der Waals surface area contributed by atoms with E-state index in [-0.39, 0.29) is 24.3 Å². The van der Waals surface area contributed by atoms with Gasteiger partial charge in [-0.1, -0.05) is 17.3 Å². The topological polar surface area (TPSA) is 77.3 Å². The smallest absolute Gasteiger partial charge is 0.309 e. The van der Waals surface area contributed by atoms with Crippen molar-refractivity contribution in [3.8, 4) is 0 Å². The van der Waals surface area contributed by atoms with Crippen molar-refractivity contribution in [3.63, 3.8) is 0 Å². The molecular formula is C16H20N4O3. The zero-order valence-electron chi connectivity index (χ0n) is 13.1. The number of amides is 1. The molecule has 7 heteroatoms. The molecule has 23 heavy (non-hydrogen) atoms. The predicted octanol–water partition coefficient (Wildman–Crippen LogP) is 1.23. The number of carbonyl (C=O) groups excluding carboxylic acids is 2. The fourth-order valence-electron chi connectivity index (χ4n) is 2.89. The highest BCUT2D eigenvalue weighted by Crippen LogP contribution is 2.19. The molecule has 1 fully saturated rings. The van der Waals surface area contributed by atoms with Gasteiger partial charge in [0.15, 0.2) is 0 Å². The molecule has 3 rings (SSSR count). The second kappa shape index (κ2) is 6.76. The van der Waals surface area contributed by atoms with Crippen molar-refractivity contribution in [1.29, 1.82) is 0 Å². The maximum absolute atomic E-state index is 12.4. The van der Waals surface area contributed by atoms with E-state index in [9.17, 15) is 9.59 Å². The van der Waals surface area contributed by atoms with Crippen LogP contribution in [0.25, 0.3) is 11.0 Å². The lowest BCUT2D eigenvalue weighted by atomic mass is 9.97. The van der Waals surface area contributed by atoms with Crippen LogP contribution in [0.1, 0.15) is 19.8 Å². The van der Waals surface area contributed by atoms with Crippen LogP contribution < -0.4 is 0 Å². The van der Waals surface area contributed by atoms with Crippen molar-refractivity contribution >= 4 is 22.9 Å². The van der Waals surface area contributed by atoms with Gasteiger partial charge in [0.05, 0.1) is 18.0 Å². The number of fused-ring (bicyclic) bond motifs is 1. The number of hydrogen-bond donors (Lipinski definition) is 0. The molecule has 1 amide bonds. The van der Waals surface area contributed by atoms with Gasteiger partial charge in [0.2, 0.25) is 5.91 Å². The molecule has 1 aliphatic rings. The second-order valence-electron chi connectivity index (χ2n) is 5.64. The van der Waals surface area contributed by atoms with Gasteiger partial charge in [0.1, 0.15) is 12.1 Å². The largest absolute Gasteiger partial charge is 0.466 e. The summed E-state index contributed by atoms with van der Waals surface area (Å²) in [7, 11) is 0. The van der Waals surface area contributed by atoms with Gasteiger partial charge in [0.25, 0.3) is 0 Å². The fourth-order valence-corrected chi connectivity index (χ4v) is 2.89. The molecule has 0 radical (unpaired) electrons. The average molecular weight is 316 g/mol. The van der Waals surface area contributed by atoms with Crippen LogP contribution in [-0.4, -0.2) is 51.5 Å². The Labute approximate surface area is 134 Å². The summed E-state index contributed by atoms with van der Waals surface area (Å²) in [4.78, 5) is 25.9. The molecule has 0 bridgehead atoms. The molecule has 0 unspecified atom stereocenters. The summed E-state index contributed by atoms with van der Waals surface area (Å²) in [5, 5.41) is 8.10. The first-order valence-electron chi connectivity index (χ1n) is 7.91. The zero-order valence-corrected chi connectivity index (χ0v) is 13.1. The van der Waals surface area contributed by atoms with Gasteiger partial charge < -0.3 is 9.64 Å². The van der Waals surface area contributed by atoms with E-state index >= 15 is 0 Å². The molecule has 7 nitrogen and oxygen atoms in total. The van der Waals surface area contributed by atoms with Gasteiger partial charge in [0, 0.05) is 13.1 Å². The van der Waals surface area contributed by atoms with Crippen molar-refractivity contribution in [2.75, 3.05) is 19.7 Å². The van der Waals surface area contributed by atoms with Crippen molar-refractivity contribution in [2.24, 2.45) is 5.92 Å². The van der Waals surface area contributed by atoms with Gasteiger partial charge in [-0.2, -0.15) is 0 Å². The van der Waals surface area contributed by atoms with Crippen molar-refractivity contribution in [2.45, 2.75) is 26.3 Å². The van der Waals surface area contributed by atoms with E-state index in [0.29, 0.717) is 32.5 Å². The Morgan fingerprint density at radius 1 is 1.26 bits per heavy atom. The molecule has 2 aromatic rings. The number of nitrogens with zero attached hydrogens (tertiary/aromatic N) is 4. The van der Waals surface area contributed by atoms with Gasteiger partial charge in [-0.15, -0.1) is 5.10 Å². The van der Waals surface area contributed by atoms with Crippen LogP contribution in [0.4, 0.5) is 0 Å². The molecular weight excluding hydrogens is 296 g/mol. The fraction of sp³-hybridized carbons (Fsp3) is 0.500. The van der Waals surface area contributed by atoms with Crippen molar-refractivity contribution < 1.29 is 14.3 Å². The third kappa shape index (κ3) is 3.33. The van der Waals surface area contributed by atoms with Crippen LogP contribution >= 0.6 is 0 Å². The Hall–Kier alpha value is -2.44. The molecule has 1 saturated heterocycles. The summed E-state index contributed by atoms with van der Waals surface area (Å²) in [5.74, 6) is -0.240. The number of benzene rings is 1. The normalized spacial score (nSPS) is 15.8. The van der Waals surface area contributed by atoms with Crippen LogP contribution in [0.5, 0.6) is 0 Å². The van der Waals surface area contributed by atoms with Crippen LogP contribution in [0.3, 0.4) is 0 Å². The van der Waals surface area contributed by atoms with Gasteiger partial charge in [-0.3, -0.25) is 9.59 Å². The summed E-state index contributed by atoms with van der Waals surface area (Å²) in [6.45, 7) is 3.53. The minimum absolute atomic E-state index is 0.00274. The molecule has 0 atom stereocenters. The van der Waals surface area contributed by atoms with Crippen molar-refractivity contribution in [3.05, 3.63) is 24.3 Å². The van der Waals surface area contributed by atoms with E-state index in [1.807, 2.05) is 24.3 Å². The SMILES string of the molecule is CCOC(=O)C1CCN(C(=O)Cn2nnc3ccccc32)CC1. The highest BCUT2D eigenvalue weighted by Gasteiger charge is 2.28. The van der Waals surface area contributed by atoms with Gasteiger partial charge in [-0.25, -0.2) is 4.68 Å². The first kappa shape index (κ1) is 15.5. The van der Waals surface area contributed by atoms with E-state index in [1.54, 1.807) is 16.5 Å². The Bertz CT molecular complexity index is 704. The summed E-state index contributed by atoms with van der Waals surface area (Å²) in [6, 6.07) is 7.56. The van der Waals surface area contributed by atoms with Gasteiger partial charge in [-0.05, 0) is 31.9 Å². The number of aromatic nitrogens is 3. The average Bonchev–Trinajstić information content (AvgIpc) is 2.98. The predicted molar refractivity (Wildman–Crippen MR) is 83.5 cm³/mol. The number of hydrogen-bond acceptors (Lipinski definition) is 5. The number of likely N-dealkylation sites (tertiary alicyclic amines) is 1. The molecule has 0 aliphatic carbocycles. The Morgan fingerprint density at radius 2 is 2.00 bits per heavy atom. The second-order valence-corrected chi connectivity index (χ2v) is 5.64. The highest BCUT2D eigenvalue weighted by molar-refractivity contribution is 5.80. The van der Waals surface area contributed by atoms with Crippen LogP contribution in [0, 0.1) is 5.92 Å². The zero-order chi connectivity index (χ0) is 16.2. The van der Waals surface area contributed by atoms with Gasteiger partial charge >= 0.3 is 5.97 Å². The van der Waals surface area contributed by atoms with E-state index in [1.165, 1.54) is 0 Å². The summed E-state index contributed by atoms with van der Waals surface area (Å²) < 4.78 is 6.67. The van der Waals surface area contributed by atoms with E-state index in [4.69, 9.17) is 4.74 Å². The Balaban J connectivity index is 1.59. The first-order chi connectivity index (χ1) is 11.2. The lowest BCUT2D eigenvalue weighted by Crippen LogP contribution is -2.42. The summed E-state index contributed by atoms with van der Waals surface area (Å²) in [6.07, 6.45) is 1.31. The number of para-hydroxylation sites is 1. The molecule has 1 aromatic carbocycles. The molecule has 2 heterocycles. The Morgan fingerprint density at radius 3 is 2.74 bits per heavy atom. The van der Waals surface area contributed by atoms with Crippen LogP contribution in [0.15, 0.2) is 24.3 Å². The molecule has 0 spiro atoms. The van der Waals surface area contributed by atoms with Crippen molar-refractivity contribution in [1.82, 2.24) is 19.9 Å². The maximum atomic E-state index is 12.4. The quantitative estimate of drug-likeness (QED) is 0.793. The lowest BCUT2D eigenvalue weighted by molar-refractivity contribution is -0.151. The van der Waals surface area contributed by atoms with E-state index < -0.39 is 0 Å². The third-order valence-corrected chi connectivity index (χ3v) is 4.17. The third-order valence-electron chi connectivity index (χ3n) is 4.17. The molecule has 0 N–H and O–H groups in total. The molecule has 1 aromatic heterocycles. The number of piperidine rings is 1. The molecule has 1 aliphatic heterocycles. The molecule has 0 saturated carbocycles. The minimum atomic E-state index is -0.151. The van der Waals surface area contributed by atoms with Crippen LogP contribution in [-0.2, 0) is 20.9 Å². The minimum Gasteiger partial charge on any atom is -0.466 e. The number of rotatable bonds is 4. The van der Waals surface area contributed by atoms with E-state index in [0.717, 1.165) is 11.0 Å². The first-order valence-corrected chi connectivity index (χ1v) is 7.91. The molecule has 122 valence electrons. The monoisotopic (exact) mass is 316 g/mol. The number of esters is 1. The summed E-state index contributed by atoms with van der Waals surface area (Å²) >= 11 is 0. The Kier molecular flexibility index (Phi) is 4.55. The summed E-state index contributed by atoms with van der Waals surface area (Å²) in [5.41, 5.74) is 1.63. The lowest BCUT2D eigenvalue weighted by Gasteiger charge is -2.30. The number of carbonyl (C=O) groups is 2. The van der Waals surface area contributed by atoms with Crippen LogP contribution in [0.2, 0.25) is 0 Å². The van der Waals surface area contributed by atoms with E-state index in [2.05, 4.69) is 10.3 Å².